The fourth-order valence-electron chi connectivity index (χ4n) is 4.86. The number of alkyl halides is 3. The molecule has 0 atom stereocenters. The van der Waals surface area contributed by atoms with Crippen LogP contribution in [0.25, 0.3) is 10.9 Å². The molecular formula is C30H32Cl2F3N5O. The van der Waals surface area contributed by atoms with Gasteiger partial charge >= 0.3 is 12.2 Å². The van der Waals surface area contributed by atoms with E-state index in [1.54, 1.807) is 6.07 Å². The maximum Gasteiger partial charge on any atom is 0.416 e. The van der Waals surface area contributed by atoms with Crippen molar-refractivity contribution in [1.82, 2.24) is 9.88 Å². The van der Waals surface area contributed by atoms with Gasteiger partial charge in [-0.05, 0) is 79.6 Å². The number of aryl methyl sites for hydroxylation is 1. The van der Waals surface area contributed by atoms with E-state index in [9.17, 15) is 18.0 Å². The number of rotatable bonds is 6. The van der Waals surface area contributed by atoms with Crippen molar-refractivity contribution < 1.29 is 18.0 Å². The summed E-state index contributed by atoms with van der Waals surface area (Å²) in [6.45, 7) is 6.73. The number of carbonyl (C=O) groups excluding carboxylic acids is 1. The first-order chi connectivity index (χ1) is 18.7. The summed E-state index contributed by atoms with van der Waals surface area (Å²) >= 11 is 0. The molecule has 1 saturated heterocycles. The van der Waals surface area contributed by atoms with Crippen LogP contribution in [-0.2, 0) is 12.6 Å². The van der Waals surface area contributed by atoms with Gasteiger partial charge in [-0.15, -0.1) is 24.8 Å². The Bertz CT molecular complexity index is 1460. The minimum Gasteiger partial charge on any atom is -0.368 e. The van der Waals surface area contributed by atoms with Gasteiger partial charge in [0, 0.05) is 60.9 Å². The normalized spacial score (nSPS) is 13.7. The third kappa shape index (κ3) is 8.25. The standard InChI is InChI=1S/C30H30F3N5O.2ClH/c1-21-8-13-26-27(34-21)6-3-7-28(26)38-18-16-37(17-19-38)15-14-22-4-2-5-25(20-22)36-29(39)35-24-11-9-23(10-12-24)30(31,32)33;;/h2-13,20H,14-19H2,1H3,(H2,35,36,39);2*1H. The second-order valence-corrected chi connectivity index (χ2v) is 9.73. The van der Waals surface area contributed by atoms with Crippen molar-refractivity contribution in [3.63, 3.8) is 0 Å². The van der Waals surface area contributed by atoms with Gasteiger partial charge in [-0.2, -0.15) is 13.2 Å². The SMILES string of the molecule is Cc1ccc2c(N3CCN(CCc4cccc(NC(=O)Nc5ccc(C(F)(F)F)cc5)c4)CC3)cccc2n1.Cl.Cl. The van der Waals surface area contributed by atoms with E-state index in [4.69, 9.17) is 0 Å². The van der Waals surface area contributed by atoms with Gasteiger partial charge < -0.3 is 15.5 Å². The molecule has 0 unspecified atom stereocenters. The Labute approximate surface area is 249 Å². The van der Waals surface area contributed by atoms with Crippen molar-refractivity contribution in [2.24, 2.45) is 0 Å². The molecule has 11 heteroatoms. The molecule has 0 spiro atoms. The highest BCUT2D eigenvalue weighted by molar-refractivity contribution is 5.99. The summed E-state index contributed by atoms with van der Waals surface area (Å²) in [6.07, 6.45) is -3.57. The van der Waals surface area contributed by atoms with Gasteiger partial charge in [0.1, 0.15) is 0 Å². The van der Waals surface area contributed by atoms with Gasteiger partial charge in [0.25, 0.3) is 0 Å². The maximum atomic E-state index is 12.7. The zero-order valence-electron chi connectivity index (χ0n) is 22.4. The quantitative estimate of drug-likeness (QED) is 0.240. The smallest absolute Gasteiger partial charge is 0.368 e. The minimum absolute atomic E-state index is 0. The van der Waals surface area contributed by atoms with Crippen molar-refractivity contribution >= 4 is 58.8 Å². The van der Waals surface area contributed by atoms with Crippen LogP contribution in [0.4, 0.5) is 35.0 Å². The highest BCUT2D eigenvalue weighted by atomic mass is 35.5. The molecule has 2 N–H and O–H groups in total. The Morgan fingerprint density at radius 1 is 0.854 bits per heavy atom. The third-order valence-corrected chi connectivity index (χ3v) is 6.93. The molecular weight excluding hydrogens is 574 g/mol. The first-order valence-corrected chi connectivity index (χ1v) is 12.9. The molecule has 218 valence electrons. The van der Waals surface area contributed by atoms with Crippen molar-refractivity contribution in [1.29, 1.82) is 0 Å². The summed E-state index contributed by atoms with van der Waals surface area (Å²) in [5.74, 6) is 0. The number of piperazine rings is 1. The van der Waals surface area contributed by atoms with E-state index in [0.29, 0.717) is 5.69 Å². The number of amides is 2. The summed E-state index contributed by atoms with van der Waals surface area (Å²) in [4.78, 5) is 21.9. The van der Waals surface area contributed by atoms with Crippen LogP contribution in [-0.4, -0.2) is 48.6 Å². The lowest BCUT2D eigenvalue weighted by atomic mass is 10.1. The van der Waals surface area contributed by atoms with Gasteiger partial charge in [-0.3, -0.25) is 9.88 Å². The van der Waals surface area contributed by atoms with E-state index in [1.165, 1.54) is 23.2 Å². The van der Waals surface area contributed by atoms with Crippen LogP contribution in [0.5, 0.6) is 0 Å². The fraction of sp³-hybridized carbons (Fsp3) is 0.267. The highest BCUT2D eigenvalue weighted by Crippen LogP contribution is 2.30. The second-order valence-electron chi connectivity index (χ2n) is 9.73. The molecule has 6 nitrogen and oxygen atoms in total. The third-order valence-electron chi connectivity index (χ3n) is 6.93. The van der Waals surface area contributed by atoms with Gasteiger partial charge in [-0.1, -0.05) is 18.2 Å². The van der Waals surface area contributed by atoms with Gasteiger partial charge in [-0.25, -0.2) is 4.79 Å². The molecule has 1 aliphatic heterocycles. The molecule has 0 saturated carbocycles. The molecule has 4 aromatic rings. The van der Waals surface area contributed by atoms with Crippen molar-refractivity contribution in [3.8, 4) is 0 Å². The predicted octanol–water partition coefficient (Wildman–Crippen LogP) is 7.41. The van der Waals surface area contributed by atoms with Crippen LogP contribution in [0.2, 0.25) is 0 Å². The first-order valence-electron chi connectivity index (χ1n) is 12.9. The van der Waals surface area contributed by atoms with Crippen LogP contribution in [0, 0.1) is 6.92 Å². The number of nitrogens with one attached hydrogen (secondary N) is 2. The maximum absolute atomic E-state index is 12.7. The number of hydrogen-bond acceptors (Lipinski definition) is 4. The lowest BCUT2D eigenvalue weighted by Crippen LogP contribution is -2.47. The highest BCUT2D eigenvalue weighted by Gasteiger charge is 2.30. The number of urea groups is 1. The van der Waals surface area contributed by atoms with E-state index in [1.807, 2.05) is 25.1 Å². The molecule has 0 aliphatic carbocycles. The van der Waals surface area contributed by atoms with E-state index in [-0.39, 0.29) is 30.5 Å². The molecule has 41 heavy (non-hydrogen) atoms. The molecule has 2 heterocycles. The minimum atomic E-state index is -4.41. The Morgan fingerprint density at radius 3 is 2.24 bits per heavy atom. The van der Waals surface area contributed by atoms with Gasteiger partial charge in [0.15, 0.2) is 0 Å². The van der Waals surface area contributed by atoms with Crippen molar-refractivity contribution in [2.45, 2.75) is 19.5 Å². The lowest BCUT2D eigenvalue weighted by molar-refractivity contribution is -0.137. The van der Waals surface area contributed by atoms with Crippen LogP contribution in [0.1, 0.15) is 16.8 Å². The number of nitrogens with zero attached hydrogens (tertiary/aromatic N) is 3. The molecule has 2 amide bonds. The van der Waals surface area contributed by atoms with E-state index in [2.05, 4.69) is 55.7 Å². The molecule has 1 aromatic heterocycles. The molecule has 0 radical (unpaired) electrons. The summed E-state index contributed by atoms with van der Waals surface area (Å²) in [7, 11) is 0. The Balaban J connectivity index is 0.00000231. The average Bonchev–Trinajstić information content (AvgIpc) is 2.92. The van der Waals surface area contributed by atoms with Crippen LogP contribution >= 0.6 is 24.8 Å². The van der Waals surface area contributed by atoms with Crippen molar-refractivity contribution in [2.75, 3.05) is 48.3 Å². The predicted molar refractivity (Wildman–Crippen MR) is 164 cm³/mol. The van der Waals surface area contributed by atoms with E-state index in [0.717, 1.165) is 68.1 Å². The summed E-state index contributed by atoms with van der Waals surface area (Å²) in [6, 6.07) is 22.0. The largest absolute Gasteiger partial charge is 0.416 e. The number of anilines is 3. The average molecular weight is 607 g/mol. The zero-order valence-corrected chi connectivity index (χ0v) is 24.1. The van der Waals surface area contributed by atoms with E-state index < -0.39 is 17.8 Å². The first kappa shape index (κ1) is 32.0. The summed E-state index contributed by atoms with van der Waals surface area (Å²) in [5, 5.41) is 6.51. The molecule has 1 fully saturated rings. The molecule has 1 aliphatic rings. The van der Waals surface area contributed by atoms with E-state index >= 15 is 0 Å². The molecule has 0 bridgehead atoms. The number of benzene rings is 3. The zero-order chi connectivity index (χ0) is 27.4. The van der Waals surface area contributed by atoms with Crippen LogP contribution in [0.3, 0.4) is 0 Å². The molecule has 5 rings (SSSR count). The number of carbonyl (C=O) groups is 1. The number of aromatic nitrogens is 1. The number of fused-ring (bicyclic) bond motifs is 1. The Hall–Kier alpha value is -3.53. The second kappa shape index (κ2) is 13.9. The van der Waals surface area contributed by atoms with Crippen molar-refractivity contribution in [3.05, 3.63) is 95.7 Å². The Morgan fingerprint density at radius 2 is 1.54 bits per heavy atom. The monoisotopic (exact) mass is 605 g/mol. The number of hydrogen-bond donors (Lipinski definition) is 2. The van der Waals surface area contributed by atoms with Gasteiger partial charge in [0.2, 0.25) is 0 Å². The van der Waals surface area contributed by atoms with Crippen LogP contribution in [0.15, 0.2) is 78.9 Å². The van der Waals surface area contributed by atoms with Gasteiger partial charge in [0.05, 0.1) is 11.1 Å². The number of halogens is 5. The lowest BCUT2D eigenvalue weighted by Gasteiger charge is -2.36. The fourth-order valence-corrected chi connectivity index (χ4v) is 4.86. The van der Waals surface area contributed by atoms with Crippen LogP contribution < -0.4 is 15.5 Å². The molecule has 3 aromatic carbocycles. The Kier molecular flexibility index (Phi) is 10.8. The topological polar surface area (TPSA) is 60.5 Å². The summed E-state index contributed by atoms with van der Waals surface area (Å²) < 4.78 is 38.2. The summed E-state index contributed by atoms with van der Waals surface area (Å²) in [5.41, 5.74) is 4.52. The number of pyridine rings is 1.